The van der Waals surface area contributed by atoms with E-state index in [4.69, 9.17) is 23.7 Å². The Morgan fingerprint density at radius 3 is 2.14 bits per heavy atom. The van der Waals surface area contributed by atoms with E-state index in [1.54, 1.807) is 0 Å². The van der Waals surface area contributed by atoms with Crippen molar-refractivity contribution in [1.29, 1.82) is 0 Å². The molecule has 7 heteroatoms. The third-order valence-corrected chi connectivity index (χ3v) is 6.20. The molecule has 0 N–H and O–H groups in total. The summed E-state index contributed by atoms with van der Waals surface area (Å²) >= 11 is 0. The molecular weight excluding hydrogens is 448 g/mol. The third kappa shape index (κ3) is 10.2. The van der Waals surface area contributed by atoms with Gasteiger partial charge in [-0.05, 0) is 55.2 Å². The zero-order valence-corrected chi connectivity index (χ0v) is 22.5. The molecule has 5 unspecified atom stereocenters. The predicted octanol–water partition coefficient (Wildman–Crippen LogP) is 5.48. The minimum Gasteiger partial charge on any atom is -0.494 e. The second kappa shape index (κ2) is 13.8. The first kappa shape index (κ1) is 29.1. The van der Waals surface area contributed by atoms with Gasteiger partial charge in [0.05, 0.1) is 12.7 Å². The van der Waals surface area contributed by atoms with Crippen molar-refractivity contribution in [3.63, 3.8) is 0 Å². The van der Waals surface area contributed by atoms with Crippen LogP contribution >= 0.6 is 0 Å². The van der Waals surface area contributed by atoms with Crippen molar-refractivity contribution in [1.82, 2.24) is 0 Å². The second-order valence-electron chi connectivity index (χ2n) is 10.6. The van der Waals surface area contributed by atoms with E-state index in [9.17, 15) is 9.59 Å². The largest absolute Gasteiger partial charge is 0.494 e. The molecule has 1 aliphatic heterocycles. The fourth-order valence-electron chi connectivity index (χ4n) is 4.18. The first-order valence-electron chi connectivity index (χ1n) is 12.8. The number of carbonyl (C=O) groups is 2. The van der Waals surface area contributed by atoms with Crippen LogP contribution < -0.4 is 4.74 Å². The summed E-state index contributed by atoms with van der Waals surface area (Å²) in [5.41, 5.74) is 1.51. The van der Waals surface area contributed by atoms with Gasteiger partial charge in [-0.25, -0.2) is 0 Å². The van der Waals surface area contributed by atoms with E-state index in [1.807, 2.05) is 26.0 Å². The fourth-order valence-corrected chi connectivity index (χ4v) is 4.18. The van der Waals surface area contributed by atoms with Crippen LogP contribution in [0.2, 0.25) is 0 Å². The molecular formula is C28H44O7. The average molecular weight is 493 g/mol. The van der Waals surface area contributed by atoms with Crippen molar-refractivity contribution in [3.05, 3.63) is 29.8 Å². The summed E-state index contributed by atoms with van der Waals surface area (Å²) in [6, 6.07) is 8.25. The van der Waals surface area contributed by atoms with E-state index in [2.05, 4.69) is 32.9 Å². The van der Waals surface area contributed by atoms with E-state index in [0.29, 0.717) is 13.2 Å². The molecule has 1 fully saturated rings. The molecule has 2 rings (SSSR count). The number of aryl methyl sites for hydroxylation is 1. The maximum Gasteiger partial charge on any atom is 0.303 e. The second-order valence-corrected chi connectivity index (χ2v) is 10.6. The molecule has 0 amide bonds. The smallest absolute Gasteiger partial charge is 0.303 e. The van der Waals surface area contributed by atoms with Crippen LogP contribution in [0.4, 0.5) is 0 Å². The lowest BCUT2D eigenvalue weighted by molar-refractivity contribution is -0.290. The number of esters is 2. The van der Waals surface area contributed by atoms with Gasteiger partial charge in [-0.1, -0.05) is 46.8 Å². The van der Waals surface area contributed by atoms with Gasteiger partial charge in [0.1, 0.15) is 11.9 Å². The lowest BCUT2D eigenvalue weighted by atomic mass is 9.89. The van der Waals surface area contributed by atoms with Crippen LogP contribution in [0.25, 0.3) is 0 Å². The van der Waals surface area contributed by atoms with Gasteiger partial charge >= 0.3 is 11.9 Å². The molecule has 0 radical (unpaired) electrons. The summed E-state index contributed by atoms with van der Waals surface area (Å²) in [5.74, 6) is -0.0969. The molecule has 1 aromatic carbocycles. The Kier molecular flexibility index (Phi) is 11.5. The molecule has 0 aliphatic carbocycles. The van der Waals surface area contributed by atoms with E-state index in [1.165, 1.54) is 19.4 Å². The van der Waals surface area contributed by atoms with Gasteiger partial charge in [0.25, 0.3) is 0 Å². The van der Waals surface area contributed by atoms with Gasteiger partial charge in [-0.15, -0.1) is 0 Å². The van der Waals surface area contributed by atoms with Gasteiger partial charge in [0.2, 0.25) is 0 Å². The Morgan fingerprint density at radius 2 is 1.57 bits per heavy atom. The van der Waals surface area contributed by atoms with Crippen molar-refractivity contribution in [2.45, 2.75) is 105 Å². The van der Waals surface area contributed by atoms with Gasteiger partial charge in [0, 0.05) is 26.4 Å². The van der Waals surface area contributed by atoms with Crippen molar-refractivity contribution < 1.29 is 33.3 Å². The van der Waals surface area contributed by atoms with Crippen LogP contribution in [0.5, 0.6) is 5.75 Å². The van der Waals surface area contributed by atoms with Crippen LogP contribution in [0, 0.1) is 11.3 Å². The number of hydrogen-bond donors (Lipinski definition) is 0. The molecule has 0 aromatic heterocycles. The van der Waals surface area contributed by atoms with E-state index >= 15 is 0 Å². The highest BCUT2D eigenvalue weighted by molar-refractivity contribution is 5.67. The van der Waals surface area contributed by atoms with Gasteiger partial charge in [0.15, 0.2) is 12.4 Å². The maximum absolute atomic E-state index is 11.7. The predicted molar refractivity (Wildman–Crippen MR) is 134 cm³/mol. The van der Waals surface area contributed by atoms with Crippen molar-refractivity contribution in [2.75, 3.05) is 13.2 Å². The third-order valence-electron chi connectivity index (χ3n) is 6.20. The molecule has 0 spiro atoms. The minimum atomic E-state index is -0.792. The summed E-state index contributed by atoms with van der Waals surface area (Å²) in [7, 11) is 0. The number of carbonyl (C=O) groups excluding carboxylic acids is 2. The van der Waals surface area contributed by atoms with Crippen molar-refractivity contribution >= 4 is 11.9 Å². The first-order valence-corrected chi connectivity index (χ1v) is 12.8. The van der Waals surface area contributed by atoms with E-state index in [-0.39, 0.29) is 17.4 Å². The van der Waals surface area contributed by atoms with E-state index in [0.717, 1.165) is 37.9 Å². The quantitative estimate of drug-likeness (QED) is 0.282. The van der Waals surface area contributed by atoms with Crippen LogP contribution in [-0.2, 0) is 35.0 Å². The number of hydrogen-bond acceptors (Lipinski definition) is 7. The highest BCUT2D eigenvalue weighted by Gasteiger charge is 2.47. The van der Waals surface area contributed by atoms with Crippen molar-refractivity contribution in [3.8, 4) is 5.75 Å². The normalized spacial score (nSPS) is 24.6. The maximum atomic E-state index is 11.7. The number of ether oxygens (including phenoxy) is 5. The Morgan fingerprint density at radius 1 is 0.943 bits per heavy atom. The SMILES string of the molecule is CCC1OC(OCCCCc2ccc(OCCC(C)(C)C)cc2)C(OC(C)=O)C(OC(C)=O)C1C. The summed E-state index contributed by atoms with van der Waals surface area (Å²) in [4.78, 5) is 23.4. The molecule has 1 aliphatic rings. The summed E-state index contributed by atoms with van der Waals surface area (Å²) < 4.78 is 29.0. The first-order chi connectivity index (χ1) is 16.5. The van der Waals surface area contributed by atoms with Gasteiger partial charge in [-0.2, -0.15) is 0 Å². The molecule has 1 aromatic rings. The van der Waals surface area contributed by atoms with Crippen LogP contribution in [0.15, 0.2) is 24.3 Å². The Hall–Kier alpha value is -2.12. The van der Waals surface area contributed by atoms with Crippen LogP contribution in [-0.4, -0.2) is 49.8 Å². The van der Waals surface area contributed by atoms with Crippen molar-refractivity contribution in [2.24, 2.45) is 11.3 Å². The summed E-state index contributed by atoms with van der Waals surface area (Å²) in [6.45, 7) is 14.4. The van der Waals surface area contributed by atoms with E-state index < -0.39 is 30.4 Å². The van der Waals surface area contributed by atoms with Gasteiger partial charge < -0.3 is 23.7 Å². The molecule has 1 saturated heterocycles. The number of benzene rings is 1. The highest BCUT2D eigenvalue weighted by atomic mass is 16.7. The monoisotopic (exact) mass is 492 g/mol. The molecule has 198 valence electrons. The molecule has 35 heavy (non-hydrogen) atoms. The standard InChI is InChI=1S/C28H44O7/c1-8-24-19(2)25(33-20(3)29)26(34-21(4)30)27(35-24)32-17-10-9-11-22-12-14-23(15-13-22)31-18-16-28(5,6)7/h12-15,19,24-27H,8-11,16-18H2,1-7H3. The minimum absolute atomic E-state index is 0.117. The molecule has 0 bridgehead atoms. The Bertz CT molecular complexity index is 783. The summed E-state index contributed by atoms with van der Waals surface area (Å²) in [6.07, 6.45) is 2.11. The Labute approximate surface area is 210 Å². The zero-order chi connectivity index (χ0) is 26.0. The molecule has 1 heterocycles. The topological polar surface area (TPSA) is 80.3 Å². The van der Waals surface area contributed by atoms with Crippen LogP contribution in [0.1, 0.15) is 79.7 Å². The summed E-state index contributed by atoms with van der Waals surface area (Å²) in [5, 5.41) is 0. The molecule has 5 atom stereocenters. The number of unbranched alkanes of at least 4 members (excludes halogenated alkanes) is 1. The number of rotatable bonds is 12. The van der Waals surface area contributed by atoms with Crippen LogP contribution in [0.3, 0.4) is 0 Å². The molecule has 7 nitrogen and oxygen atoms in total. The lowest BCUT2D eigenvalue weighted by Gasteiger charge is -2.43. The lowest BCUT2D eigenvalue weighted by Crippen LogP contribution is -2.57. The zero-order valence-electron chi connectivity index (χ0n) is 22.5. The highest BCUT2D eigenvalue weighted by Crippen LogP contribution is 2.32. The fraction of sp³-hybridized carbons (Fsp3) is 0.714. The Balaban J connectivity index is 1.83. The molecule has 0 saturated carbocycles. The van der Waals surface area contributed by atoms with Gasteiger partial charge in [-0.3, -0.25) is 9.59 Å². The average Bonchev–Trinajstić information content (AvgIpc) is 2.77.